The minimum Gasteiger partial charge on any atom is -0.411 e. The van der Waals surface area contributed by atoms with E-state index in [2.05, 4.69) is 16.2 Å². The molecular weight excluding hydrogens is 188 g/mol. The lowest BCUT2D eigenvalue weighted by atomic mass is 9.93. The molecule has 0 atom stereocenters. The van der Waals surface area contributed by atoms with E-state index in [9.17, 15) is 0 Å². The number of hydrogen-bond acceptors (Lipinski definition) is 3. The first-order chi connectivity index (χ1) is 7.29. The van der Waals surface area contributed by atoms with Gasteiger partial charge in [0.25, 0.3) is 0 Å². The predicted octanol–water partition coefficient (Wildman–Crippen LogP) is 2.79. The molecule has 0 saturated heterocycles. The molecule has 3 heteroatoms. The van der Waals surface area contributed by atoms with Crippen LogP contribution < -0.4 is 0 Å². The smallest absolute Gasteiger partial charge is 0.0798 e. The fourth-order valence-corrected chi connectivity index (χ4v) is 1.77. The zero-order valence-corrected chi connectivity index (χ0v) is 8.77. The first kappa shape index (κ1) is 9.90. The van der Waals surface area contributed by atoms with Crippen LogP contribution in [0.2, 0.25) is 0 Å². The summed E-state index contributed by atoms with van der Waals surface area (Å²) in [5.74, 6) is 0. The van der Waals surface area contributed by atoms with Gasteiger partial charge in [0.1, 0.15) is 0 Å². The number of nitrogens with zero attached hydrogens (tertiary/aromatic N) is 2. The molecule has 1 aliphatic carbocycles. The summed E-state index contributed by atoms with van der Waals surface area (Å²) in [6.45, 7) is 1.97. The van der Waals surface area contributed by atoms with Gasteiger partial charge in [0.05, 0.1) is 5.71 Å². The Bertz CT molecular complexity index is 404. The van der Waals surface area contributed by atoms with Crippen LogP contribution in [0.5, 0.6) is 0 Å². The van der Waals surface area contributed by atoms with Gasteiger partial charge in [0, 0.05) is 11.9 Å². The normalized spacial score (nSPS) is 19.0. The number of aryl methyl sites for hydroxylation is 1. The van der Waals surface area contributed by atoms with E-state index in [-0.39, 0.29) is 0 Å². The van der Waals surface area contributed by atoms with Crippen molar-refractivity contribution >= 4 is 11.3 Å². The van der Waals surface area contributed by atoms with E-state index < -0.39 is 0 Å². The molecular formula is C12H14N2O. The van der Waals surface area contributed by atoms with Gasteiger partial charge in [-0.1, -0.05) is 11.2 Å². The van der Waals surface area contributed by atoms with Crippen LogP contribution in [0, 0.1) is 6.92 Å². The Labute approximate surface area is 89.2 Å². The first-order valence-corrected chi connectivity index (χ1v) is 5.14. The molecule has 0 spiro atoms. The van der Waals surface area contributed by atoms with Crippen molar-refractivity contribution in [2.24, 2.45) is 5.16 Å². The average molecular weight is 202 g/mol. The minimum absolute atomic E-state index is 0.761. The third-order valence-corrected chi connectivity index (χ3v) is 2.63. The van der Waals surface area contributed by atoms with Crippen molar-refractivity contribution in [1.29, 1.82) is 0 Å². The highest BCUT2D eigenvalue weighted by Gasteiger charge is 2.10. The van der Waals surface area contributed by atoms with Gasteiger partial charge >= 0.3 is 0 Å². The SMILES string of the molecule is Cc1ccc(C2=C/C(=N\O)CCC2)cn1. The Morgan fingerprint density at radius 1 is 1.33 bits per heavy atom. The van der Waals surface area contributed by atoms with Crippen molar-refractivity contribution in [3.8, 4) is 0 Å². The molecule has 1 aromatic heterocycles. The van der Waals surface area contributed by atoms with Gasteiger partial charge < -0.3 is 5.21 Å². The summed E-state index contributed by atoms with van der Waals surface area (Å²) in [6.07, 6.45) is 6.76. The van der Waals surface area contributed by atoms with Crippen molar-refractivity contribution in [3.63, 3.8) is 0 Å². The monoisotopic (exact) mass is 202 g/mol. The summed E-state index contributed by atoms with van der Waals surface area (Å²) in [5, 5.41) is 12.0. The maximum atomic E-state index is 8.73. The van der Waals surface area contributed by atoms with Crippen molar-refractivity contribution in [1.82, 2.24) is 4.98 Å². The van der Waals surface area contributed by atoms with Gasteiger partial charge in [0.15, 0.2) is 0 Å². The molecule has 2 rings (SSSR count). The Morgan fingerprint density at radius 3 is 2.87 bits per heavy atom. The Hall–Kier alpha value is -1.64. The molecule has 0 radical (unpaired) electrons. The lowest BCUT2D eigenvalue weighted by molar-refractivity contribution is 0.318. The summed E-state index contributed by atoms with van der Waals surface area (Å²) in [4.78, 5) is 4.26. The molecule has 0 aromatic carbocycles. The van der Waals surface area contributed by atoms with Crippen LogP contribution in [-0.4, -0.2) is 15.9 Å². The van der Waals surface area contributed by atoms with E-state index in [0.717, 1.165) is 36.2 Å². The first-order valence-electron chi connectivity index (χ1n) is 5.14. The highest BCUT2D eigenvalue weighted by atomic mass is 16.4. The molecule has 78 valence electrons. The van der Waals surface area contributed by atoms with E-state index in [4.69, 9.17) is 5.21 Å². The molecule has 15 heavy (non-hydrogen) atoms. The van der Waals surface area contributed by atoms with E-state index in [1.165, 1.54) is 5.57 Å². The fourth-order valence-electron chi connectivity index (χ4n) is 1.77. The van der Waals surface area contributed by atoms with Crippen LogP contribution in [0.25, 0.3) is 5.57 Å². The fraction of sp³-hybridized carbons (Fsp3) is 0.333. The van der Waals surface area contributed by atoms with Crippen molar-refractivity contribution < 1.29 is 5.21 Å². The second kappa shape index (κ2) is 4.26. The maximum Gasteiger partial charge on any atom is 0.0798 e. The molecule has 0 saturated carbocycles. The van der Waals surface area contributed by atoms with E-state index in [1.807, 2.05) is 25.3 Å². The number of hydrogen-bond donors (Lipinski definition) is 1. The number of rotatable bonds is 1. The predicted molar refractivity (Wildman–Crippen MR) is 60.0 cm³/mol. The second-order valence-corrected chi connectivity index (χ2v) is 3.80. The van der Waals surface area contributed by atoms with Gasteiger partial charge in [-0.05, 0) is 49.5 Å². The number of oxime groups is 1. The molecule has 1 N–H and O–H groups in total. The average Bonchev–Trinajstić information content (AvgIpc) is 2.30. The summed E-state index contributed by atoms with van der Waals surface area (Å²) in [6, 6.07) is 4.06. The van der Waals surface area contributed by atoms with Gasteiger partial charge in [-0.3, -0.25) is 4.98 Å². The Balaban J connectivity index is 2.30. The van der Waals surface area contributed by atoms with Crippen LogP contribution in [0.3, 0.4) is 0 Å². The molecule has 3 nitrogen and oxygen atoms in total. The number of allylic oxidation sites excluding steroid dienone is 2. The van der Waals surface area contributed by atoms with Gasteiger partial charge in [0.2, 0.25) is 0 Å². The highest BCUT2D eigenvalue weighted by Crippen LogP contribution is 2.25. The van der Waals surface area contributed by atoms with E-state index in [0.29, 0.717) is 0 Å². The van der Waals surface area contributed by atoms with Crippen LogP contribution in [-0.2, 0) is 0 Å². The van der Waals surface area contributed by atoms with Gasteiger partial charge in [-0.15, -0.1) is 0 Å². The van der Waals surface area contributed by atoms with E-state index in [1.54, 1.807) is 0 Å². The third-order valence-electron chi connectivity index (χ3n) is 2.63. The molecule has 1 aliphatic rings. The minimum atomic E-state index is 0.761. The zero-order valence-electron chi connectivity index (χ0n) is 8.77. The quantitative estimate of drug-likeness (QED) is 0.562. The lowest BCUT2D eigenvalue weighted by Gasteiger charge is -2.13. The van der Waals surface area contributed by atoms with Crippen LogP contribution in [0.1, 0.15) is 30.5 Å². The number of aromatic nitrogens is 1. The van der Waals surface area contributed by atoms with Gasteiger partial charge in [-0.25, -0.2) is 0 Å². The van der Waals surface area contributed by atoms with Crippen molar-refractivity contribution in [2.75, 3.05) is 0 Å². The summed E-state index contributed by atoms with van der Waals surface area (Å²) in [5.41, 5.74) is 4.12. The second-order valence-electron chi connectivity index (χ2n) is 3.80. The van der Waals surface area contributed by atoms with Crippen LogP contribution in [0.4, 0.5) is 0 Å². The van der Waals surface area contributed by atoms with Crippen molar-refractivity contribution in [2.45, 2.75) is 26.2 Å². The van der Waals surface area contributed by atoms with E-state index >= 15 is 0 Å². The highest BCUT2D eigenvalue weighted by molar-refractivity contribution is 6.01. The summed E-state index contributed by atoms with van der Waals surface area (Å²) >= 11 is 0. The summed E-state index contributed by atoms with van der Waals surface area (Å²) in [7, 11) is 0. The molecule has 0 fully saturated rings. The lowest BCUT2D eigenvalue weighted by Crippen LogP contribution is -2.03. The maximum absolute atomic E-state index is 8.73. The van der Waals surface area contributed by atoms with Gasteiger partial charge in [-0.2, -0.15) is 0 Å². The van der Waals surface area contributed by atoms with Crippen molar-refractivity contribution in [3.05, 3.63) is 35.7 Å². The third kappa shape index (κ3) is 2.24. The molecule has 1 heterocycles. The molecule has 0 bridgehead atoms. The molecule has 0 unspecified atom stereocenters. The molecule has 0 amide bonds. The molecule has 1 aromatic rings. The molecule has 0 aliphatic heterocycles. The largest absolute Gasteiger partial charge is 0.411 e. The van der Waals surface area contributed by atoms with Crippen LogP contribution in [0.15, 0.2) is 29.6 Å². The zero-order chi connectivity index (χ0) is 10.7. The standard InChI is InChI=1S/C12H14N2O/c1-9-5-6-11(8-13-9)10-3-2-4-12(7-10)14-15/h5-8,15H,2-4H2,1H3/b14-12-. The summed E-state index contributed by atoms with van der Waals surface area (Å²) < 4.78 is 0. The van der Waals surface area contributed by atoms with Crippen LogP contribution >= 0.6 is 0 Å². The Morgan fingerprint density at radius 2 is 2.20 bits per heavy atom. The number of pyridine rings is 1. The topological polar surface area (TPSA) is 45.5 Å². The Kier molecular flexibility index (Phi) is 2.81.